The number of H-pyrrole nitrogens is 1. The van der Waals surface area contributed by atoms with Gasteiger partial charge in [0, 0.05) is 23.5 Å². The fraction of sp³-hybridized carbons (Fsp3) is 0.154. The number of aromatic nitrogens is 5. The number of imidazole rings is 1. The molecule has 0 aliphatic carbocycles. The monoisotopic (exact) mass is 504 g/mol. The first-order valence-electron chi connectivity index (χ1n) is 11.0. The fourth-order valence-electron chi connectivity index (χ4n) is 3.94. The van der Waals surface area contributed by atoms with E-state index >= 15 is 0 Å². The highest BCUT2D eigenvalue weighted by molar-refractivity contribution is 5.94. The first kappa shape index (κ1) is 24.7. The van der Waals surface area contributed by atoms with Crippen LogP contribution >= 0.6 is 12.4 Å². The van der Waals surface area contributed by atoms with Crippen molar-refractivity contribution < 1.29 is 14.3 Å². The molecule has 0 unspecified atom stereocenters. The topological polar surface area (TPSA) is 98.2 Å². The number of anilines is 1. The Kier molecular flexibility index (Phi) is 7.50. The lowest BCUT2D eigenvalue weighted by Crippen LogP contribution is -2.33. The molecule has 1 amide bonds. The van der Waals surface area contributed by atoms with Crippen molar-refractivity contribution in [3.8, 4) is 22.8 Å². The third-order valence-corrected chi connectivity index (χ3v) is 5.73. The van der Waals surface area contributed by atoms with Crippen LogP contribution in [0.5, 0.6) is 11.5 Å². The number of aromatic amines is 1. The minimum atomic E-state index is -0.130. The summed E-state index contributed by atoms with van der Waals surface area (Å²) in [6.45, 7) is 0.365. The Morgan fingerprint density at radius 3 is 2.39 bits per heavy atom. The summed E-state index contributed by atoms with van der Waals surface area (Å²) in [6.07, 6.45) is 3.47. The number of ether oxygens (including phenoxy) is 2. The molecule has 0 saturated heterocycles. The Morgan fingerprint density at radius 2 is 1.72 bits per heavy atom. The second kappa shape index (κ2) is 10.9. The van der Waals surface area contributed by atoms with Crippen LogP contribution in [0.25, 0.3) is 22.3 Å². The maximum atomic E-state index is 13.6. The number of para-hydroxylation sites is 1. The Hall–Kier alpha value is -4.37. The molecule has 0 radical (unpaired) electrons. The predicted molar refractivity (Wildman–Crippen MR) is 140 cm³/mol. The van der Waals surface area contributed by atoms with Crippen molar-refractivity contribution >= 4 is 35.0 Å². The van der Waals surface area contributed by atoms with Gasteiger partial charge >= 0.3 is 0 Å². The van der Waals surface area contributed by atoms with Crippen LogP contribution < -0.4 is 14.4 Å². The molecule has 0 atom stereocenters. The average Bonchev–Trinajstić information content (AvgIpc) is 3.58. The molecule has 5 rings (SSSR count). The Labute approximate surface area is 214 Å². The highest BCUT2D eigenvalue weighted by Crippen LogP contribution is 2.27. The highest BCUT2D eigenvalue weighted by Gasteiger charge is 2.20. The van der Waals surface area contributed by atoms with Gasteiger partial charge in [0.15, 0.2) is 0 Å². The average molecular weight is 505 g/mol. The number of nitrogens with zero attached hydrogens (tertiary/aromatic N) is 5. The van der Waals surface area contributed by atoms with Crippen LogP contribution in [0.4, 0.5) is 5.69 Å². The van der Waals surface area contributed by atoms with Crippen LogP contribution in [-0.2, 0) is 17.9 Å². The summed E-state index contributed by atoms with van der Waals surface area (Å²) in [5.74, 6) is 1.18. The fourth-order valence-corrected chi connectivity index (χ4v) is 3.94. The lowest BCUT2D eigenvalue weighted by molar-refractivity contribution is -0.119. The van der Waals surface area contributed by atoms with Crippen molar-refractivity contribution in [1.29, 1.82) is 0 Å². The van der Waals surface area contributed by atoms with Gasteiger partial charge in [0.2, 0.25) is 5.91 Å². The van der Waals surface area contributed by atoms with Gasteiger partial charge < -0.3 is 19.4 Å². The van der Waals surface area contributed by atoms with Crippen molar-refractivity contribution in [1.82, 2.24) is 25.0 Å². The molecule has 0 bridgehead atoms. The number of hydrogen-bond donors (Lipinski definition) is 1. The van der Waals surface area contributed by atoms with E-state index in [2.05, 4.69) is 20.3 Å². The van der Waals surface area contributed by atoms with E-state index in [1.807, 2.05) is 66.9 Å². The van der Waals surface area contributed by atoms with Gasteiger partial charge in [0.1, 0.15) is 23.6 Å². The van der Waals surface area contributed by atoms with Gasteiger partial charge in [-0.3, -0.25) is 4.79 Å². The van der Waals surface area contributed by atoms with Crippen LogP contribution in [0.3, 0.4) is 0 Å². The minimum absolute atomic E-state index is 0. The number of nitrogens with one attached hydrogen (secondary N) is 1. The van der Waals surface area contributed by atoms with Gasteiger partial charge in [0.05, 0.1) is 38.3 Å². The summed E-state index contributed by atoms with van der Waals surface area (Å²) in [4.78, 5) is 22.6. The Bertz CT molecular complexity index is 1430. The molecule has 0 saturated carbocycles. The quantitative estimate of drug-likeness (QED) is 0.334. The standard InChI is InChI=1S/C26H24N6O3.ClH/c1-34-21-11-18(12-22(13-21)35-2)15-31(20-9-7-19(8-10-20)24-14-27-17-28-24)26(33)16-32-25-6-4-3-5-23(25)29-30-32;/h3-14,17H,15-16H2,1-2H3,(H,27,28);1H. The number of carbonyl (C=O) groups is 1. The van der Waals surface area contributed by atoms with Crippen molar-refractivity contribution in [3.63, 3.8) is 0 Å². The molecule has 36 heavy (non-hydrogen) atoms. The minimum Gasteiger partial charge on any atom is -0.497 e. The summed E-state index contributed by atoms with van der Waals surface area (Å²) in [5.41, 5.74) is 4.95. The molecule has 5 aromatic rings. The molecule has 0 fully saturated rings. The van der Waals surface area contributed by atoms with E-state index in [1.54, 1.807) is 36.2 Å². The Morgan fingerprint density at radius 1 is 1.00 bits per heavy atom. The zero-order valence-corrected chi connectivity index (χ0v) is 20.6. The molecule has 1 N–H and O–H groups in total. The first-order valence-corrected chi connectivity index (χ1v) is 11.0. The van der Waals surface area contributed by atoms with Crippen LogP contribution in [0, 0.1) is 0 Å². The second-order valence-electron chi connectivity index (χ2n) is 7.94. The lowest BCUT2D eigenvalue weighted by atomic mass is 10.1. The van der Waals surface area contributed by atoms with Gasteiger partial charge in [0.25, 0.3) is 0 Å². The zero-order valence-electron chi connectivity index (χ0n) is 19.8. The molecular formula is C26H25ClN6O3. The van der Waals surface area contributed by atoms with Crippen LogP contribution in [0.2, 0.25) is 0 Å². The van der Waals surface area contributed by atoms with Crippen molar-refractivity contribution in [2.45, 2.75) is 13.1 Å². The van der Waals surface area contributed by atoms with E-state index in [1.165, 1.54) is 0 Å². The van der Waals surface area contributed by atoms with E-state index in [0.29, 0.717) is 18.0 Å². The molecule has 0 aliphatic heterocycles. The summed E-state index contributed by atoms with van der Waals surface area (Å²) in [6, 6.07) is 20.9. The second-order valence-corrected chi connectivity index (χ2v) is 7.94. The SMILES string of the molecule is COc1cc(CN(C(=O)Cn2nnc3ccccc32)c2ccc(-c3c[nH]cn3)cc2)cc(OC)c1.Cl. The number of benzene rings is 3. The summed E-state index contributed by atoms with van der Waals surface area (Å²) in [5, 5.41) is 8.36. The Balaban J connectivity index is 0.00000304. The van der Waals surface area contributed by atoms with Crippen LogP contribution in [0.1, 0.15) is 5.56 Å². The van der Waals surface area contributed by atoms with Crippen molar-refractivity contribution in [3.05, 3.63) is 84.8 Å². The van der Waals surface area contributed by atoms with E-state index < -0.39 is 0 Å². The van der Waals surface area contributed by atoms with Crippen LogP contribution in [-0.4, -0.2) is 45.1 Å². The molecule has 0 spiro atoms. The third-order valence-electron chi connectivity index (χ3n) is 5.73. The van der Waals surface area contributed by atoms with Gasteiger partial charge in [-0.25, -0.2) is 9.67 Å². The molecule has 10 heteroatoms. The number of rotatable bonds is 8. The highest BCUT2D eigenvalue weighted by atomic mass is 35.5. The molecule has 2 heterocycles. The number of methoxy groups -OCH3 is 2. The third kappa shape index (κ3) is 5.16. The number of halogens is 1. The van der Waals surface area contributed by atoms with Crippen molar-refractivity contribution in [2.75, 3.05) is 19.1 Å². The van der Waals surface area contributed by atoms with Gasteiger partial charge in [-0.1, -0.05) is 29.5 Å². The summed E-state index contributed by atoms with van der Waals surface area (Å²) in [7, 11) is 3.20. The summed E-state index contributed by atoms with van der Waals surface area (Å²) >= 11 is 0. The lowest BCUT2D eigenvalue weighted by Gasteiger charge is -2.24. The zero-order chi connectivity index (χ0) is 24.2. The van der Waals surface area contributed by atoms with Crippen LogP contribution in [0.15, 0.2) is 79.3 Å². The molecule has 184 valence electrons. The van der Waals surface area contributed by atoms with Gasteiger partial charge in [-0.15, -0.1) is 17.5 Å². The normalized spacial score (nSPS) is 10.6. The number of carbonyl (C=O) groups excluding carboxylic acids is 1. The van der Waals surface area contributed by atoms with Crippen molar-refractivity contribution in [2.24, 2.45) is 0 Å². The molecular weight excluding hydrogens is 480 g/mol. The number of hydrogen-bond acceptors (Lipinski definition) is 6. The van der Waals surface area contributed by atoms with Gasteiger partial charge in [-0.05, 0) is 42.0 Å². The smallest absolute Gasteiger partial charge is 0.249 e. The number of amides is 1. The van der Waals surface area contributed by atoms with E-state index in [9.17, 15) is 4.79 Å². The molecule has 0 aliphatic rings. The van der Waals surface area contributed by atoms with E-state index in [0.717, 1.165) is 33.5 Å². The molecule has 3 aromatic carbocycles. The van der Waals surface area contributed by atoms with Gasteiger partial charge in [-0.2, -0.15) is 0 Å². The maximum Gasteiger partial charge on any atom is 0.249 e. The number of fused-ring (bicyclic) bond motifs is 1. The maximum absolute atomic E-state index is 13.6. The summed E-state index contributed by atoms with van der Waals surface area (Å²) < 4.78 is 12.5. The van der Waals surface area contributed by atoms with E-state index in [4.69, 9.17) is 9.47 Å². The van der Waals surface area contributed by atoms with E-state index in [-0.39, 0.29) is 24.9 Å². The first-order chi connectivity index (χ1) is 17.1. The molecule has 9 nitrogen and oxygen atoms in total. The largest absolute Gasteiger partial charge is 0.497 e. The molecule has 2 aromatic heterocycles. The predicted octanol–water partition coefficient (Wildman–Crippen LogP) is 4.49.